The van der Waals surface area contributed by atoms with Crippen molar-refractivity contribution in [2.24, 2.45) is 5.92 Å². The van der Waals surface area contributed by atoms with Crippen LogP contribution in [0.25, 0.3) is 0 Å². The fourth-order valence-electron chi connectivity index (χ4n) is 2.98. The van der Waals surface area contributed by atoms with Crippen molar-refractivity contribution in [1.82, 2.24) is 15.2 Å². The average molecular weight is 358 g/mol. The number of aromatic nitrogens is 1. The molecule has 2 heterocycles. The summed E-state index contributed by atoms with van der Waals surface area (Å²) in [4.78, 5) is 30.4. The minimum Gasteiger partial charge on any atom is -0.352 e. The van der Waals surface area contributed by atoms with Gasteiger partial charge in [-0.25, -0.2) is 0 Å². The monoisotopic (exact) mass is 357 g/mol. The molecule has 0 spiro atoms. The Labute approximate surface area is 152 Å². The van der Waals surface area contributed by atoms with Crippen LogP contribution in [0.15, 0.2) is 48.8 Å². The molecular formula is C19H20ClN3O2. The number of amides is 2. The van der Waals surface area contributed by atoms with Gasteiger partial charge in [0.1, 0.15) is 0 Å². The van der Waals surface area contributed by atoms with Crippen LogP contribution in [0.5, 0.6) is 0 Å². The van der Waals surface area contributed by atoms with Gasteiger partial charge in [0.2, 0.25) is 0 Å². The van der Waals surface area contributed by atoms with Crippen molar-refractivity contribution in [3.63, 3.8) is 0 Å². The van der Waals surface area contributed by atoms with E-state index in [-0.39, 0.29) is 11.8 Å². The van der Waals surface area contributed by atoms with Crippen molar-refractivity contribution in [3.05, 3.63) is 64.9 Å². The summed E-state index contributed by atoms with van der Waals surface area (Å²) >= 11 is 6.11. The van der Waals surface area contributed by atoms with Crippen LogP contribution in [-0.2, 0) is 0 Å². The molecule has 2 amide bonds. The van der Waals surface area contributed by atoms with Crippen LogP contribution < -0.4 is 5.32 Å². The quantitative estimate of drug-likeness (QED) is 0.914. The molecule has 1 aromatic heterocycles. The number of halogens is 1. The number of pyridine rings is 1. The van der Waals surface area contributed by atoms with Crippen molar-refractivity contribution < 1.29 is 9.59 Å². The van der Waals surface area contributed by atoms with E-state index in [1.54, 1.807) is 36.7 Å². The Kier molecular flexibility index (Phi) is 5.66. The van der Waals surface area contributed by atoms with Crippen LogP contribution in [0.2, 0.25) is 5.02 Å². The number of likely N-dealkylation sites (tertiary alicyclic amines) is 1. The number of piperidine rings is 1. The lowest BCUT2D eigenvalue weighted by atomic mass is 9.96. The van der Waals surface area contributed by atoms with Gasteiger partial charge in [0.15, 0.2) is 0 Å². The molecule has 1 aliphatic rings. The second-order valence-electron chi connectivity index (χ2n) is 6.17. The number of carbonyl (C=O) groups excluding carboxylic acids is 2. The van der Waals surface area contributed by atoms with E-state index in [1.807, 2.05) is 17.0 Å². The maximum atomic E-state index is 12.5. The lowest BCUT2D eigenvalue weighted by Crippen LogP contribution is -2.41. The molecule has 6 heteroatoms. The van der Waals surface area contributed by atoms with Gasteiger partial charge in [-0.3, -0.25) is 14.6 Å². The van der Waals surface area contributed by atoms with Crippen molar-refractivity contribution >= 4 is 23.4 Å². The summed E-state index contributed by atoms with van der Waals surface area (Å²) in [5.41, 5.74) is 1.11. The van der Waals surface area contributed by atoms with E-state index in [4.69, 9.17) is 11.6 Å². The molecule has 1 saturated heterocycles. The van der Waals surface area contributed by atoms with E-state index >= 15 is 0 Å². The normalized spacial score (nSPS) is 15.0. The summed E-state index contributed by atoms with van der Waals surface area (Å²) in [6, 6.07) is 10.6. The first-order valence-electron chi connectivity index (χ1n) is 8.37. The third-order valence-electron chi connectivity index (χ3n) is 4.48. The second kappa shape index (κ2) is 8.12. The SMILES string of the molecule is O=C(NCC1CCN(C(=O)c2ccccc2Cl)CC1)c1cccnc1. The van der Waals surface area contributed by atoms with E-state index in [0.29, 0.717) is 41.7 Å². The zero-order valence-corrected chi connectivity index (χ0v) is 14.6. The topological polar surface area (TPSA) is 62.3 Å². The first kappa shape index (κ1) is 17.4. The summed E-state index contributed by atoms with van der Waals surface area (Å²) in [6.07, 6.45) is 4.93. The van der Waals surface area contributed by atoms with Gasteiger partial charge in [-0.15, -0.1) is 0 Å². The molecule has 0 aliphatic carbocycles. The van der Waals surface area contributed by atoms with Crippen LogP contribution in [0.3, 0.4) is 0 Å². The van der Waals surface area contributed by atoms with Gasteiger partial charge < -0.3 is 10.2 Å². The summed E-state index contributed by atoms with van der Waals surface area (Å²) < 4.78 is 0. The highest BCUT2D eigenvalue weighted by atomic mass is 35.5. The molecule has 130 valence electrons. The highest BCUT2D eigenvalue weighted by molar-refractivity contribution is 6.33. The van der Waals surface area contributed by atoms with Crippen molar-refractivity contribution in [2.75, 3.05) is 19.6 Å². The van der Waals surface area contributed by atoms with Gasteiger partial charge in [0.25, 0.3) is 11.8 Å². The van der Waals surface area contributed by atoms with Crippen LogP contribution >= 0.6 is 11.6 Å². The van der Waals surface area contributed by atoms with E-state index in [2.05, 4.69) is 10.3 Å². The minimum absolute atomic E-state index is 0.0246. The Balaban J connectivity index is 1.48. The Bertz CT molecular complexity index is 743. The van der Waals surface area contributed by atoms with Gasteiger partial charge >= 0.3 is 0 Å². The molecule has 1 aliphatic heterocycles. The van der Waals surface area contributed by atoms with Gasteiger partial charge in [0.05, 0.1) is 16.1 Å². The molecule has 0 bridgehead atoms. The summed E-state index contributed by atoms with van der Waals surface area (Å²) in [5, 5.41) is 3.43. The Morgan fingerprint density at radius 3 is 2.60 bits per heavy atom. The molecule has 3 rings (SSSR count). The molecule has 0 radical (unpaired) electrons. The highest BCUT2D eigenvalue weighted by Crippen LogP contribution is 2.22. The standard InChI is InChI=1S/C19H20ClN3O2/c20-17-6-2-1-5-16(17)19(25)23-10-7-14(8-11-23)12-22-18(24)15-4-3-9-21-13-15/h1-6,9,13-14H,7-8,10-12H2,(H,22,24). The van der Waals surface area contributed by atoms with Crippen molar-refractivity contribution in [2.45, 2.75) is 12.8 Å². The number of hydrogen-bond acceptors (Lipinski definition) is 3. The second-order valence-corrected chi connectivity index (χ2v) is 6.57. The van der Waals surface area contributed by atoms with Crippen LogP contribution in [0, 0.1) is 5.92 Å². The molecule has 1 fully saturated rings. The molecule has 1 aromatic carbocycles. The maximum absolute atomic E-state index is 12.5. The Hall–Kier alpha value is -2.40. The van der Waals surface area contributed by atoms with E-state index < -0.39 is 0 Å². The van der Waals surface area contributed by atoms with Gasteiger partial charge in [-0.1, -0.05) is 23.7 Å². The van der Waals surface area contributed by atoms with Gasteiger partial charge in [-0.05, 0) is 43.0 Å². The number of carbonyl (C=O) groups is 2. The van der Waals surface area contributed by atoms with E-state index in [1.165, 1.54) is 0 Å². The molecule has 2 aromatic rings. The van der Waals surface area contributed by atoms with Gasteiger partial charge in [-0.2, -0.15) is 0 Å². The van der Waals surface area contributed by atoms with E-state index in [9.17, 15) is 9.59 Å². The molecule has 25 heavy (non-hydrogen) atoms. The molecule has 0 unspecified atom stereocenters. The fourth-order valence-corrected chi connectivity index (χ4v) is 3.20. The predicted molar refractivity (Wildman–Crippen MR) is 96.6 cm³/mol. The zero-order valence-electron chi connectivity index (χ0n) is 13.8. The summed E-state index contributed by atoms with van der Waals surface area (Å²) in [5.74, 6) is 0.238. The fraction of sp³-hybridized carbons (Fsp3) is 0.316. The third kappa shape index (κ3) is 4.37. The summed E-state index contributed by atoms with van der Waals surface area (Å²) in [6.45, 7) is 1.97. The number of rotatable bonds is 4. The van der Waals surface area contributed by atoms with Crippen LogP contribution in [0.1, 0.15) is 33.6 Å². The number of nitrogens with one attached hydrogen (secondary N) is 1. The largest absolute Gasteiger partial charge is 0.352 e. The Morgan fingerprint density at radius 2 is 1.92 bits per heavy atom. The predicted octanol–water partition coefficient (Wildman–Crippen LogP) is 3.02. The average Bonchev–Trinajstić information content (AvgIpc) is 2.67. The number of benzene rings is 1. The molecule has 5 nitrogen and oxygen atoms in total. The first-order valence-corrected chi connectivity index (χ1v) is 8.75. The lowest BCUT2D eigenvalue weighted by molar-refractivity contribution is 0.0684. The van der Waals surface area contributed by atoms with Crippen molar-refractivity contribution in [1.29, 1.82) is 0 Å². The number of hydrogen-bond donors (Lipinski definition) is 1. The van der Waals surface area contributed by atoms with Crippen LogP contribution in [0.4, 0.5) is 0 Å². The molecular weight excluding hydrogens is 338 g/mol. The minimum atomic E-state index is -0.109. The molecule has 0 saturated carbocycles. The third-order valence-corrected chi connectivity index (χ3v) is 4.81. The smallest absolute Gasteiger partial charge is 0.255 e. The van der Waals surface area contributed by atoms with Crippen LogP contribution in [-0.4, -0.2) is 41.3 Å². The lowest BCUT2D eigenvalue weighted by Gasteiger charge is -2.32. The van der Waals surface area contributed by atoms with E-state index in [0.717, 1.165) is 12.8 Å². The van der Waals surface area contributed by atoms with Crippen molar-refractivity contribution in [3.8, 4) is 0 Å². The Morgan fingerprint density at radius 1 is 1.16 bits per heavy atom. The van der Waals surface area contributed by atoms with Gasteiger partial charge in [0, 0.05) is 32.0 Å². The molecule has 1 N–H and O–H groups in total. The highest BCUT2D eigenvalue weighted by Gasteiger charge is 2.25. The summed E-state index contributed by atoms with van der Waals surface area (Å²) in [7, 11) is 0. The zero-order chi connectivity index (χ0) is 17.6. The number of nitrogens with zero attached hydrogens (tertiary/aromatic N) is 2. The maximum Gasteiger partial charge on any atom is 0.255 e. The first-order chi connectivity index (χ1) is 12.1. The molecule has 0 atom stereocenters.